The van der Waals surface area contributed by atoms with Gasteiger partial charge in [-0.15, -0.1) is 0 Å². The van der Waals surface area contributed by atoms with Crippen LogP contribution in [0.3, 0.4) is 0 Å². The van der Waals surface area contributed by atoms with Gasteiger partial charge in [-0.05, 0) is 30.7 Å². The van der Waals surface area contributed by atoms with Gasteiger partial charge in [0, 0.05) is 5.75 Å². The highest BCUT2D eigenvalue weighted by Crippen LogP contribution is 2.15. The van der Waals surface area contributed by atoms with Gasteiger partial charge < -0.3 is 9.67 Å². The van der Waals surface area contributed by atoms with Crippen molar-refractivity contribution in [2.75, 3.05) is 18.8 Å². The Kier molecular flexibility index (Phi) is 8.07. The molecular weight excluding hydrogens is 298 g/mol. The van der Waals surface area contributed by atoms with E-state index in [9.17, 15) is 4.79 Å². The fraction of sp³-hybridized carbons (Fsp3) is 0.562. The van der Waals surface area contributed by atoms with Crippen LogP contribution in [0, 0.1) is 0 Å². The zero-order chi connectivity index (χ0) is 15.7. The van der Waals surface area contributed by atoms with Crippen LogP contribution in [0.2, 0.25) is 19.6 Å². The summed E-state index contributed by atoms with van der Waals surface area (Å²) >= 11 is 1.96. The average Bonchev–Trinajstić information content (AvgIpc) is 2.41. The van der Waals surface area contributed by atoms with Crippen molar-refractivity contribution in [2.45, 2.75) is 38.2 Å². The van der Waals surface area contributed by atoms with E-state index in [1.54, 1.807) is 0 Å². The molecule has 1 aromatic carbocycles. The molecule has 0 heterocycles. The van der Waals surface area contributed by atoms with Crippen LogP contribution in [0.15, 0.2) is 30.3 Å². The molecule has 5 heteroatoms. The summed E-state index contributed by atoms with van der Waals surface area (Å²) in [5, 5.41) is 8.99. The van der Waals surface area contributed by atoms with Crippen LogP contribution in [-0.2, 0) is 10.5 Å². The largest absolute Gasteiger partial charge is 0.480 e. The van der Waals surface area contributed by atoms with Crippen LogP contribution in [0.4, 0.5) is 0 Å². The minimum Gasteiger partial charge on any atom is -0.480 e. The zero-order valence-corrected chi connectivity index (χ0v) is 15.2. The smallest absolute Gasteiger partial charge is 0.317 e. The summed E-state index contributed by atoms with van der Waals surface area (Å²) in [4.78, 5) is 10.9. The molecule has 118 valence electrons. The minimum atomic E-state index is -1.52. The second-order valence-corrected chi connectivity index (χ2v) is 12.3. The van der Waals surface area contributed by atoms with Crippen molar-refractivity contribution >= 4 is 26.0 Å². The highest BCUT2D eigenvalue weighted by Gasteiger charge is 2.24. The van der Waals surface area contributed by atoms with Crippen LogP contribution >= 0.6 is 11.8 Å². The fourth-order valence-corrected chi connectivity index (χ4v) is 4.51. The summed E-state index contributed by atoms with van der Waals surface area (Å²) in [6.45, 7) is 7.72. The molecular formula is C16H27NO2SSi. The van der Waals surface area contributed by atoms with Gasteiger partial charge in [0.15, 0.2) is 0 Å². The highest BCUT2D eigenvalue weighted by molar-refractivity contribution is 7.98. The van der Waals surface area contributed by atoms with Gasteiger partial charge in [0.25, 0.3) is 0 Å². The molecule has 0 aromatic heterocycles. The Hall–Kier alpha value is -0.783. The van der Waals surface area contributed by atoms with Crippen molar-refractivity contribution < 1.29 is 9.90 Å². The second kappa shape index (κ2) is 9.28. The Morgan fingerprint density at radius 1 is 1.19 bits per heavy atom. The van der Waals surface area contributed by atoms with Crippen LogP contribution in [0.5, 0.6) is 0 Å². The highest BCUT2D eigenvalue weighted by atomic mass is 32.2. The average molecular weight is 326 g/mol. The Balaban J connectivity index is 2.18. The lowest BCUT2D eigenvalue weighted by Gasteiger charge is -2.32. The third-order valence-electron chi connectivity index (χ3n) is 3.35. The number of aliphatic carboxylic acids is 1. The lowest BCUT2D eigenvalue weighted by Crippen LogP contribution is -2.48. The molecule has 0 unspecified atom stereocenters. The number of carboxylic acid groups (broad SMARTS) is 1. The van der Waals surface area contributed by atoms with Crippen molar-refractivity contribution in [3.63, 3.8) is 0 Å². The van der Waals surface area contributed by atoms with Gasteiger partial charge in [0.05, 0.1) is 6.54 Å². The van der Waals surface area contributed by atoms with Gasteiger partial charge in [-0.1, -0.05) is 50.0 Å². The van der Waals surface area contributed by atoms with Crippen molar-refractivity contribution in [3.05, 3.63) is 35.9 Å². The van der Waals surface area contributed by atoms with E-state index in [2.05, 4.69) is 48.5 Å². The summed E-state index contributed by atoms with van der Waals surface area (Å²) < 4.78 is 2.18. The van der Waals surface area contributed by atoms with E-state index in [1.807, 2.05) is 17.8 Å². The number of benzene rings is 1. The monoisotopic (exact) mass is 325 g/mol. The van der Waals surface area contributed by atoms with Crippen LogP contribution in [0.1, 0.15) is 18.4 Å². The summed E-state index contributed by atoms with van der Waals surface area (Å²) in [7, 11) is -1.52. The molecule has 0 atom stereocenters. The zero-order valence-electron chi connectivity index (χ0n) is 13.3. The van der Waals surface area contributed by atoms with Crippen LogP contribution in [0.25, 0.3) is 0 Å². The number of hydrogen-bond acceptors (Lipinski definition) is 3. The maximum absolute atomic E-state index is 10.9. The Labute approximate surface area is 133 Å². The van der Waals surface area contributed by atoms with E-state index in [0.29, 0.717) is 0 Å². The van der Waals surface area contributed by atoms with Gasteiger partial charge in [-0.25, -0.2) is 0 Å². The number of carboxylic acids is 1. The molecule has 0 saturated carbocycles. The van der Waals surface area contributed by atoms with Crippen molar-refractivity contribution in [1.82, 2.24) is 4.57 Å². The molecule has 3 nitrogen and oxygen atoms in total. The van der Waals surface area contributed by atoms with Crippen molar-refractivity contribution in [2.24, 2.45) is 0 Å². The van der Waals surface area contributed by atoms with Gasteiger partial charge in [0.2, 0.25) is 0 Å². The summed E-state index contributed by atoms with van der Waals surface area (Å²) in [5.41, 5.74) is 1.37. The molecule has 0 aliphatic heterocycles. The first-order valence-corrected chi connectivity index (χ1v) is 12.1. The van der Waals surface area contributed by atoms with Gasteiger partial charge >= 0.3 is 5.97 Å². The Morgan fingerprint density at radius 2 is 1.86 bits per heavy atom. The molecule has 0 saturated heterocycles. The number of hydrogen-bond donors (Lipinski definition) is 1. The van der Waals surface area contributed by atoms with E-state index < -0.39 is 14.2 Å². The predicted octanol–water partition coefficient (Wildman–Crippen LogP) is 3.92. The fourth-order valence-electron chi connectivity index (χ4n) is 2.09. The normalized spacial score (nSPS) is 11.8. The third kappa shape index (κ3) is 8.29. The third-order valence-corrected chi connectivity index (χ3v) is 6.75. The lowest BCUT2D eigenvalue weighted by atomic mass is 10.2. The first-order chi connectivity index (χ1) is 9.89. The first kappa shape index (κ1) is 18.3. The molecule has 0 aliphatic rings. The van der Waals surface area contributed by atoms with E-state index in [4.69, 9.17) is 5.11 Å². The van der Waals surface area contributed by atoms with E-state index in [1.165, 1.54) is 5.56 Å². The molecule has 1 aromatic rings. The molecule has 1 rings (SSSR count). The molecule has 0 radical (unpaired) electrons. The van der Waals surface area contributed by atoms with Crippen LogP contribution in [-0.4, -0.2) is 42.7 Å². The lowest BCUT2D eigenvalue weighted by molar-refractivity contribution is -0.137. The number of nitrogens with zero attached hydrogens (tertiary/aromatic N) is 1. The molecule has 0 fully saturated rings. The SMILES string of the molecule is C[Si](C)(C)N(CCCCSCc1ccccc1)CC(=O)O. The molecule has 0 spiro atoms. The molecule has 21 heavy (non-hydrogen) atoms. The van der Waals surface area contributed by atoms with Crippen molar-refractivity contribution in [3.8, 4) is 0 Å². The van der Waals surface area contributed by atoms with E-state index in [-0.39, 0.29) is 6.54 Å². The maximum atomic E-state index is 10.9. The molecule has 0 aliphatic carbocycles. The van der Waals surface area contributed by atoms with Gasteiger partial charge in [-0.2, -0.15) is 11.8 Å². The van der Waals surface area contributed by atoms with Crippen LogP contribution < -0.4 is 0 Å². The van der Waals surface area contributed by atoms with Gasteiger partial charge in [-0.3, -0.25) is 4.79 Å². The molecule has 0 bridgehead atoms. The van der Waals surface area contributed by atoms with E-state index in [0.717, 1.165) is 30.9 Å². The standard InChI is InChI=1S/C16H27NO2SSi/c1-21(2,3)17(13-16(18)19)11-7-8-12-20-14-15-9-5-4-6-10-15/h4-6,9-10H,7-8,11-14H2,1-3H3,(H,18,19). The molecule has 0 amide bonds. The van der Waals surface area contributed by atoms with E-state index >= 15 is 0 Å². The predicted molar refractivity (Wildman–Crippen MR) is 94.4 cm³/mol. The summed E-state index contributed by atoms with van der Waals surface area (Å²) in [6.07, 6.45) is 2.23. The second-order valence-electron chi connectivity index (χ2n) is 6.23. The Bertz CT molecular complexity index is 420. The number of thioether (sulfide) groups is 1. The summed E-state index contributed by atoms with van der Waals surface area (Å²) in [6, 6.07) is 10.5. The van der Waals surface area contributed by atoms with Gasteiger partial charge in [0.1, 0.15) is 8.24 Å². The van der Waals surface area contributed by atoms with Crippen molar-refractivity contribution in [1.29, 1.82) is 0 Å². The Morgan fingerprint density at radius 3 is 2.43 bits per heavy atom. The summed E-state index contributed by atoms with van der Waals surface area (Å²) in [5.74, 6) is 1.49. The maximum Gasteiger partial charge on any atom is 0.317 e. The topological polar surface area (TPSA) is 40.5 Å². The first-order valence-electron chi connectivity index (χ1n) is 7.48. The minimum absolute atomic E-state index is 0.187. The number of unbranched alkanes of at least 4 members (excludes halogenated alkanes) is 1. The molecule has 1 N–H and O–H groups in total. The quantitative estimate of drug-likeness (QED) is 0.523. The number of carbonyl (C=O) groups is 1. The number of rotatable bonds is 10.